The Morgan fingerprint density at radius 3 is 2.72 bits per heavy atom. The van der Waals surface area contributed by atoms with E-state index >= 15 is 0 Å². The van der Waals surface area contributed by atoms with E-state index in [2.05, 4.69) is 30.7 Å². The van der Waals surface area contributed by atoms with Crippen LogP contribution in [0.15, 0.2) is 55.1 Å². The number of rotatable bonds is 7. The molecule has 0 saturated carbocycles. The second kappa shape index (κ2) is 11.0. The fraction of sp³-hybridized carbons (Fsp3) is 0.130. The van der Waals surface area contributed by atoms with E-state index in [0.29, 0.717) is 17.3 Å². The van der Waals surface area contributed by atoms with E-state index < -0.39 is 17.9 Å². The van der Waals surface area contributed by atoms with Crippen molar-refractivity contribution in [3.05, 3.63) is 87.9 Å². The third-order valence-corrected chi connectivity index (χ3v) is 5.47. The highest BCUT2D eigenvalue weighted by molar-refractivity contribution is 6.37. The van der Waals surface area contributed by atoms with Gasteiger partial charge < -0.3 is 15.4 Å². The Morgan fingerprint density at radius 2 is 1.97 bits per heavy atom. The van der Waals surface area contributed by atoms with E-state index in [1.165, 1.54) is 41.3 Å². The molecule has 13 heteroatoms. The third-order valence-electron chi connectivity index (χ3n) is 4.87. The molecule has 182 valence electrons. The van der Waals surface area contributed by atoms with E-state index in [4.69, 9.17) is 33.2 Å². The predicted molar refractivity (Wildman–Crippen MR) is 129 cm³/mol. The van der Waals surface area contributed by atoms with Crippen LogP contribution in [0.4, 0.5) is 14.9 Å². The molecule has 0 aliphatic rings. The molecule has 0 bridgehead atoms. The average molecular weight is 527 g/mol. The molecule has 2 aromatic heterocycles. The minimum atomic E-state index is -0.618. The molecular weight excluding hydrogens is 510 g/mol. The van der Waals surface area contributed by atoms with Crippen molar-refractivity contribution in [3.63, 3.8) is 0 Å². The largest absolute Gasteiger partial charge is 0.487 e. The number of nitrogens with zero attached hydrogens (tertiary/aromatic N) is 6. The van der Waals surface area contributed by atoms with Gasteiger partial charge in [0.2, 0.25) is 0 Å². The van der Waals surface area contributed by atoms with Gasteiger partial charge in [0.1, 0.15) is 30.6 Å². The van der Waals surface area contributed by atoms with Crippen LogP contribution in [0.25, 0.3) is 5.95 Å². The Morgan fingerprint density at radius 1 is 1.19 bits per heavy atom. The Labute approximate surface area is 214 Å². The quantitative estimate of drug-likeness (QED) is 0.352. The van der Waals surface area contributed by atoms with Gasteiger partial charge in [-0.3, -0.25) is 0 Å². The van der Waals surface area contributed by atoms with Crippen LogP contribution in [-0.2, 0) is 6.61 Å². The molecule has 2 N–H and O–H groups in total. The molecule has 1 atom stereocenters. The van der Waals surface area contributed by atoms with E-state index in [9.17, 15) is 9.18 Å². The standard InChI is InChI=1S/C23H17Cl2FN8O2/c1-13(21-30-12-31-34(21)22-28-5-2-6-29-22)32-23(35)33-19-9-20(17(25)8-16(19)24)36-11-14-3-4-18(26)15(7-14)10-27/h2-9,12-13H,11H2,1H3,(H2,32,33,35). The van der Waals surface area contributed by atoms with Crippen molar-refractivity contribution in [1.82, 2.24) is 30.0 Å². The Balaban J connectivity index is 1.44. The summed E-state index contributed by atoms with van der Waals surface area (Å²) in [5.74, 6) is 0.337. The summed E-state index contributed by atoms with van der Waals surface area (Å²) < 4.78 is 20.7. The maximum absolute atomic E-state index is 13.5. The first kappa shape index (κ1) is 24.8. The molecule has 0 radical (unpaired) electrons. The van der Waals surface area contributed by atoms with Gasteiger partial charge >= 0.3 is 6.03 Å². The first-order valence-electron chi connectivity index (χ1n) is 10.4. The van der Waals surface area contributed by atoms with Crippen molar-refractivity contribution in [2.24, 2.45) is 0 Å². The minimum absolute atomic E-state index is 0.0101. The first-order valence-corrected chi connectivity index (χ1v) is 11.2. The van der Waals surface area contributed by atoms with Gasteiger partial charge in [0.25, 0.3) is 5.95 Å². The number of ether oxygens (including phenoxy) is 1. The molecule has 0 spiro atoms. The highest BCUT2D eigenvalue weighted by Crippen LogP contribution is 2.35. The summed E-state index contributed by atoms with van der Waals surface area (Å²) in [7, 11) is 0. The minimum Gasteiger partial charge on any atom is -0.487 e. The monoisotopic (exact) mass is 526 g/mol. The number of urea groups is 1. The fourth-order valence-electron chi connectivity index (χ4n) is 3.16. The lowest BCUT2D eigenvalue weighted by molar-refractivity contribution is 0.248. The maximum atomic E-state index is 13.5. The number of carbonyl (C=O) groups excluding carboxylic acids is 1. The van der Waals surface area contributed by atoms with Crippen LogP contribution in [0, 0.1) is 17.1 Å². The molecule has 0 fully saturated rings. The van der Waals surface area contributed by atoms with Gasteiger partial charge in [0.15, 0.2) is 5.82 Å². The molecule has 2 aromatic carbocycles. The number of amides is 2. The average Bonchev–Trinajstić information content (AvgIpc) is 3.36. The van der Waals surface area contributed by atoms with E-state index in [1.54, 1.807) is 31.5 Å². The van der Waals surface area contributed by atoms with Crippen LogP contribution in [0.2, 0.25) is 10.0 Å². The summed E-state index contributed by atoms with van der Waals surface area (Å²) in [6.07, 6.45) is 4.47. The molecule has 2 heterocycles. The van der Waals surface area contributed by atoms with Crippen molar-refractivity contribution in [2.45, 2.75) is 19.6 Å². The number of hydrogen-bond donors (Lipinski definition) is 2. The molecule has 1 unspecified atom stereocenters. The third kappa shape index (κ3) is 5.68. The van der Waals surface area contributed by atoms with Gasteiger partial charge in [-0.15, -0.1) is 0 Å². The van der Waals surface area contributed by atoms with Gasteiger partial charge in [0, 0.05) is 18.5 Å². The topological polar surface area (TPSA) is 131 Å². The van der Waals surface area contributed by atoms with Crippen LogP contribution in [0.5, 0.6) is 5.75 Å². The lowest BCUT2D eigenvalue weighted by Gasteiger charge is -2.16. The van der Waals surface area contributed by atoms with Gasteiger partial charge in [-0.2, -0.15) is 15.0 Å². The maximum Gasteiger partial charge on any atom is 0.319 e. The van der Waals surface area contributed by atoms with Crippen molar-refractivity contribution in [3.8, 4) is 17.8 Å². The normalized spacial score (nSPS) is 11.4. The second-order valence-electron chi connectivity index (χ2n) is 7.38. The predicted octanol–water partition coefficient (Wildman–Crippen LogP) is 4.84. The highest BCUT2D eigenvalue weighted by atomic mass is 35.5. The smallest absolute Gasteiger partial charge is 0.319 e. The van der Waals surface area contributed by atoms with Gasteiger partial charge in [-0.05, 0) is 36.8 Å². The number of aromatic nitrogens is 5. The van der Waals surface area contributed by atoms with Gasteiger partial charge in [-0.1, -0.05) is 29.3 Å². The molecule has 0 aliphatic carbocycles. The molecule has 4 aromatic rings. The molecule has 10 nitrogen and oxygen atoms in total. The molecule has 0 aliphatic heterocycles. The summed E-state index contributed by atoms with van der Waals surface area (Å²) in [6, 6.07) is 9.26. The van der Waals surface area contributed by atoms with Crippen LogP contribution in [-0.4, -0.2) is 30.8 Å². The highest BCUT2D eigenvalue weighted by Gasteiger charge is 2.19. The van der Waals surface area contributed by atoms with Gasteiger partial charge in [-0.25, -0.2) is 24.1 Å². The van der Waals surface area contributed by atoms with E-state index in [-0.39, 0.29) is 33.7 Å². The summed E-state index contributed by atoms with van der Waals surface area (Å²) in [5.41, 5.74) is 0.707. The van der Waals surface area contributed by atoms with Crippen LogP contribution < -0.4 is 15.4 Å². The SMILES string of the molecule is CC(NC(=O)Nc1cc(OCc2ccc(F)c(C#N)c2)c(Cl)cc1Cl)c1ncnn1-c1ncccn1. The van der Waals surface area contributed by atoms with Crippen molar-refractivity contribution in [2.75, 3.05) is 5.32 Å². The number of carbonyl (C=O) groups is 1. The summed E-state index contributed by atoms with van der Waals surface area (Å²) in [4.78, 5) is 25.1. The lowest BCUT2D eigenvalue weighted by Crippen LogP contribution is -2.32. The number of nitrogens with one attached hydrogen (secondary N) is 2. The van der Waals surface area contributed by atoms with E-state index in [1.807, 2.05) is 0 Å². The number of halogens is 3. The first-order chi connectivity index (χ1) is 17.4. The van der Waals surface area contributed by atoms with Crippen LogP contribution in [0.3, 0.4) is 0 Å². The zero-order valence-corrected chi connectivity index (χ0v) is 20.1. The number of hydrogen-bond acceptors (Lipinski definition) is 7. The molecule has 36 heavy (non-hydrogen) atoms. The summed E-state index contributed by atoms with van der Waals surface area (Å²) in [6.45, 7) is 1.73. The van der Waals surface area contributed by atoms with Crippen LogP contribution in [0.1, 0.15) is 29.9 Å². The lowest BCUT2D eigenvalue weighted by atomic mass is 10.1. The Bertz CT molecular complexity index is 1440. The Hall–Kier alpha value is -4.27. The zero-order chi connectivity index (χ0) is 25.7. The summed E-state index contributed by atoms with van der Waals surface area (Å²) in [5, 5.41) is 18.9. The molecule has 2 amide bonds. The van der Waals surface area contributed by atoms with Crippen molar-refractivity contribution < 1.29 is 13.9 Å². The van der Waals surface area contributed by atoms with Crippen molar-refractivity contribution >= 4 is 34.9 Å². The Kier molecular flexibility index (Phi) is 7.58. The zero-order valence-electron chi connectivity index (χ0n) is 18.6. The number of benzene rings is 2. The second-order valence-corrected chi connectivity index (χ2v) is 8.19. The van der Waals surface area contributed by atoms with E-state index in [0.717, 1.165) is 0 Å². The number of nitriles is 1. The van der Waals surface area contributed by atoms with Crippen molar-refractivity contribution in [1.29, 1.82) is 5.26 Å². The van der Waals surface area contributed by atoms with Crippen LogP contribution >= 0.6 is 23.2 Å². The van der Waals surface area contributed by atoms with Gasteiger partial charge in [0.05, 0.1) is 27.3 Å². The fourth-order valence-corrected chi connectivity index (χ4v) is 3.65. The molecule has 4 rings (SSSR count). The molecular formula is C23H17Cl2FN8O2. The summed E-state index contributed by atoms with van der Waals surface area (Å²) >= 11 is 12.5. The molecule has 0 saturated heterocycles. The number of anilines is 1.